The summed E-state index contributed by atoms with van der Waals surface area (Å²) in [6.07, 6.45) is -4.89. The summed E-state index contributed by atoms with van der Waals surface area (Å²) >= 11 is 0. The van der Waals surface area contributed by atoms with Gasteiger partial charge in [-0.25, -0.2) is 4.79 Å². The van der Waals surface area contributed by atoms with Gasteiger partial charge in [-0.05, 0) is 5.41 Å². The summed E-state index contributed by atoms with van der Waals surface area (Å²) in [5.74, 6) is -1.52. The summed E-state index contributed by atoms with van der Waals surface area (Å²) < 4.78 is 4.95. The van der Waals surface area contributed by atoms with Gasteiger partial charge in [0.15, 0.2) is 6.10 Å². The molecule has 11 nitrogen and oxygen atoms in total. The molecule has 1 unspecified atom stereocenters. The fraction of sp³-hybridized carbons (Fsp3) is 0.722. The molecule has 1 saturated heterocycles. The van der Waals surface area contributed by atoms with E-state index in [2.05, 4.69) is 10.6 Å². The van der Waals surface area contributed by atoms with Gasteiger partial charge >= 0.3 is 6.09 Å². The third kappa shape index (κ3) is 7.61. The smallest absolute Gasteiger partial charge is 0.407 e. The average Bonchev–Trinajstić information content (AvgIpc) is 2.80. The van der Waals surface area contributed by atoms with E-state index in [1.165, 1.54) is 6.08 Å². The highest BCUT2D eigenvalue weighted by molar-refractivity contribution is 5.90. The van der Waals surface area contributed by atoms with E-state index in [9.17, 15) is 29.7 Å². The molecule has 0 aromatic heterocycles. The number of allylic oxidation sites excluding steroid dienone is 1. The largest absolute Gasteiger partial charge is 0.465 e. The van der Waals surface area contributed by atoms with Gasteiger partial charge in [0.05, 0.1) is 6.54 Å². The Morgan fingerprint density at radius 3 is 2.41 bits per heavy atom. The van der Waals surface area contributed by atoms with Crippen LogP contribution in [0.3, 0.4) is 0 Å². The van der Waals surface area contributed by atoms with Crippen LogP contribution in [0.5, 0.6) is 0 Å². The van der Waals surface area contributed by atoms with E-state index in [-0.39, 0.29) is 25.0 Å². The van der Waals surface area contributed by atoms with Crippen LogP contribution in [-0.2, 0) is 14.3 Å². The number of carboxylic acid groups (broad SMARTS) is 1. The van der Waals surface area contributed by atoms with Gasteiger partial charge in [0.2, 0.25) is 5.91 Å². The maximum Gasteiger partial charge on any atom is 0.407 e. The fourth-order valence-electron chi connectivity index (χ4n) is 2.65. The molecule has 11 heteroatoms. The first-order valence-corrected chi connectivity index (χ1v) is 9.19. The van der Waals surface area contributed by atoms with Crippen LogP contribution in [0.15, 0.2) is 12.2 Å². The first kappa shape index (κ1) is 24.8. The van der Waals surface area contributed by atoms with Crippen molar-refractivity contribution >= 4 is 17.9 Å². The summed E-state index contributed by atoms with van der Waals surface area (Å²) in [5, 5.41) is 44.5. The molecule has 0 aromatic rings. The Morgan fingerprint density at radius 2 is 1.90 bits per heavy atom. The summed E-state index contributed by atoms with van der Waals surface area (Å²) in [6, 6.07) is -1.20. The first-order chi connectivity index (χ1) is 13.4. The van der Waals surface area contributed by atoms with E-state index >= 15 is 0 Å². The van der Waals surface area contributed by atoms with Crippen LogP contribution < -0.4 is 10.6 Å². The number of hydrogen-bond acceptors (Lipinski definition) is 7. The van der Waals surface area contributed by atoms with E-state index in [1.54, 1.807) is 6.08 Å². The Balaban J connectivity index is 2.84. The highest BCUT2D eigenvalue weighted by Crippen LogP contribution is 2.17. The molecule has 1 aliphatic rings. The molecule has 0 aromatic carbocycles. The minimum atomic E-state index is -1.80. The SMILES string of the molecule is CO[C@@H](C(=O)NC1CN(C(=O)O)CCNC1=O)[C@H](O)[C@@H](O)[C@H](O)C=CC(C)(C)C. The maximum absolute atomic E-state index is 12.5. The minimum absolute atomic E-state index is 0.0643. The molecule has 6 N–H and O–H groups in total. The molecule has 0 saturated carbocycles. The number of ether oxygens (including phenoxy) is 1. The van der Waals surface area contributed by atoms with Crippen molar-refractivity contribution in [3.63, 3.8) is 0 Å². The number of aliphatic hydroxyl groups excluding tert-OH is 3. The Kier molecular flexibility index (Phi) is 9.02. The molecule has 0 bridgehead atoms. The lowest BCUT2D eigenvalue weighted by atomic mass is 9.94. The second-order valence-corrected chi connectivity index (χ2v) is 7.93. The van der Waals surface area contributed by atoms with Gasteiger partial charge in [0.25, 0.3) is 5.91 Å². The van der Waals surface area contributed by atoms with Crippen molar-refractivity contribution in [2.45, 2.75) is 51.2 Å². The second-order valence-electron chi connectivity index (χ2n) is 7.93. The number of carbonyl (C=O) groups excluding carboxylic acids is 2. The number of methoxy groups -OCH3 is 1. The summed E-state index contributed by atoms with van der Waals surface area (Å²) in [4.78, 5) is 36.7. The molecule has 166 valence electrons. The summed E-state index contributed by atoms with van der Waals surface area (Å²) in [5.41, 5.74) is -0.271. The van der Waals surface area contributed by atoms with Crippen molar-refractivity contribution < 1.29 is 39.5 Å². The number of aliphatic hydroxyl groups is 3. The van der Waals surface area contributed by atoms with Crippen LogP contribution in [0, 0.1) is 5.41 Å². The quantitative estimate of drug-likeness (QED) is 0.266. The normalized spacial score (nSPS) is 22.4. The third-order valence-corrected chi connectivity index (χ3v) is 4.30. The van der Waals surface area contributed by atoms with Gasteiger partial charge in [0, 0.05) is 20.2 Å². The van der Waals surface area contributed by atoms with Gasteiger partial charge in [-0.3, -0.25) is 9.59 Å². The molecule has 3 amide bonds. The Hall–Kier alpha value is -2.21. The topological polar surface area (TPSA) is 169 Å². The van der Waals surface area contributed by atoms with Gasteiger partial charge < -0.3 is 40.7 Å². The van der Waals surface area contributed by atoms with Crippen LogP contribution in [0.2, 0.25) is 0 Å². The van der Waals surface area contributed by atoms with E-state index in [0.29, 0.717) is 0 Å². The van der Waals surface area contributed by atoms with Crippen molar-refractivity contribution in [3.8, 4) is 0 Å². The van der Waals surface area contributed by atoms with Crippen LogP contribution in [0.4, 0.5) is 4.79 Å². The van der Waals surface area contributed by atoms with Crippen molar-refractivity contribution in [3.05, 3.63) is 12.2 Å². The lowest BCUT2D eigenvalue weighted by molar-refractivity contribution is -0.150. The number of nitrogens with zero attached hydrogens (tertiary/aromatic N) is 1. The van der Waals surface area contributed by atoms with Crippen molar-refractivity contribution in [1.82, 2.24) is 15.5 Å². The zero-order valence-corrected chi connectivity index (χ0v) is 17.0. The fourth-order valence-corrected chi connectivity index (χ4v) is 2.65. The molecule has 1 heterocycles. The first-order valence-electron chi connectivity index (χ1n) is 9.19. The molecule has 0 radical (unpaired) electrons. The third-order valence-electron chi connectivity index (χ3n) is 4.30. The monoisotopic (exact) mass is 417 g/mol. The van der Waals surface area contributed by atoms with Crippen molar-refractivity contribution in [2.24, 2.45) is 5.41 Å². The predicted octanol–water partition coefficient (Wildman–Crippen LogP) is -1.72. The molecule has 5 atom stereocenters. The Morgan fingerprint density at radius 1 is 1.28 bits per heavy atom. The van der Waals surface area contributed by atoms with Crippen LogP contribution in [0.1, 0.15) is 20.8 Å². The lowest BCUT2D eigenvalue weighted by Gasteiger charge is -2.29. The average molecular weight is 417 g/mol. The molecular formula is C18H31N3O8. The Bertz CT molecular complexity index is 619. The number of carbonyl (C=O) groups is 3. The minimum Gasteiger partial charge on any atom is -0.465 e. The van der Waals surface area contributed by atoms with E-state index in [0.717, 1.165) is 12.0 Å². The van der Waals surface area contributed by atoms with Crippen LogP contribution >= 0.6 is 0 Å². The Labute approximate surface area is 169 Å². The number of rotatable bonds is 7. The zero-order chi connectivity index (χ0) is 22.4. The highest BCUT2D eigenvalue weighted by atomic mass is 16.5. The highest BCUT2D eigenvalue weighted by Gasteiger charge is 2.38. The van der Waals surface area contributed by atoms with E-state index < -0.39 is 48.4 Å². The second kappa shape index (κ2) is 10.5. The van der Waals surface area contributed by atoms with Gasteiger partial charge in [0.1, 0.15) is 24.4 Å². The standard InChI is InChI=1S/C18H31N3O8/c1-18(2,3)6-5-11(22)12(23)13(24)14(29-4)16(26)20-10-9-21(17(27)28)8-7-19-15(10)25/h5-6,10-14,22-24H,7-9H2,1-4H3,(H,19,25)(H,20,26)(H,27,28)/t10?,11-,12+,13-,14-/m1/s1. The van der Waals surface area contributed by atoms with Gasteiger partial charge in [-0.15, -0.1) is 0 Å². The van der Waals surface area contributed by atoms with E-state index in [1.807, 2.05) is 20.8 Å². The molecule has 1 fully saturated rings. The molecule has 1 rings (SSSR count). The summed E-state index contributed by atoms with van der Waals surface area (Å²) in [6.45, 7) is 5.51. The molecule has 0 spiro atoms. The van der Waals surface area contributed by atoms with Gasteiger partial charge in [-0.2, -0.15) is 0 Å². The van der Waals surface area contributed by atoms with Gasteiger partial charge in [-0.1, -0.05) is 32.9 Å². The van der Waals surface area contributed by atoms with Crippen molar-refractivity contribution in [1.29, 1.82) is 0 Å². The van der Waals surface area contributed by atoms with Crippen LogP contribution in [0.25, 0.3) is 0 Å². The summed E-state index contributed by atoms with van der Waals surface area (Å²) in [7, 11) is 1.12. The number of amides is 3. The van der Waals surface area contributed by atoms with Crippen molar-refractivity contribution in [2.75, 3.05) is 26.7 Å². The lowest BCUT2D eigenvalue weighted by Crippen LogP contribution is -2.57. The maximum atomic E-state index is 12.5. The molecular weight excluding hydrogens is 386 g/mol. The molecule has 29 heavy (non-hydrogen) atoms. The zero-order valence-electron chi connectivity index (χ0n) is 17.0. The van der Waals surface area contributed by atoms with Crippen LogP contribution in [-0.4, -0.2) is 100 Å². The van der Waals surface area contributed by atoms with E-state index in [4.69, 9.17) is 9.84 Å². The molecule has 0 aliphatic carbocycles. The number of nitrogens with one attached hydrogen (secondary N) is 2. The molecule has 1 aliphatic heterocycles. The number of hydrogen-bond donors (Lipinski definition) is 6. The predicted molar refractivity (Wildman–Crippen MR) is 102 cm³/mol.